The van der Waals surface area contributed by atoms with Crippen molar-refractivity contribution in [3.05, 3.63) is 46.3 Å². The van der Waals surface area contributed by atoms with Crippen LogP contribution in [0.1, 0.15) is 11.3 Å². The average molecular weight is 279 g/mol. The molecule has 0 aliphatic heterocycles. The highest BCUT2D eigenvalue weighted by Gasteiger charge is 2.04. The predicted molar refractivity (Wildman–Crippen MR) is 65.7 cm³/mol. The van der Waals surface area contributed by atoms with Gasteiger partial charge in [-0.25, -0.2) is 4.98 Å². The Bertz CT molecular complexity index is 497. The van der Waals surface area contributed by atoms with Crippen LogP contribution in [0, 0.1) is 13.8 Å². The number of halogens is 1. The van der Waals surface area contributed by atoms with Crippen molar-refractivity contribution in [2.45, 2.75) is 13.8 Å². The first kappa shape index (κ1) is 11.1. The zero-order chi connectivity index (χ0) is 11.5. The van der Waals surface area contributed by atoms with E-state index in [2.05, 4.69) is 25.9 Å². The summed E-state index contributed by atoms with van der Waals surface area (Å²) < 4.78 is 6.31. The fourth-order valence-corrected chi connectivity index (χ4v) is 1.49. The van der Waals surface area contributed by atoms with Gasteiger partial charge < -0.3 is 4.74 Å². The molecule has 0 aliphatic rings. The lowest BCUT2D eigenvalue weighted by Gasteiger charge is -2.07. The zero-order valence-corrected chi connectivity index (χ0v) is 10.7. The molecule has 0 fully saturated rings. The van der Waals surface area contributed by atoms with E-state index in [0.29, 0.717) is 10.5 Å². The maximum Gasteiger partial charge on any atom is 0.241 e. The molecule has 0 saturated heterocycles. The molecular weight excluding hydrogens is 268 g/mol. The molecule has 0 atom stereocenters. The van der Waals surface area contributed by atoms with Crippen molar-refractivity contribution < 1.29 is 4.74 Å². The number of hydrogen-bond acceptors (Lipinski definition) is 3. The Labute approximate surface area is 103 Å². The number of ether oxygens (including phenoxy) is 1. The highest BCUT2D eigenvalue weighted by atomic mass is 79.9. The SMILES string of the molecule is Cc1ccc(Oc2nc(Br)cnc2C)cc1. The summed E-state index contributed by atoms with van der Waals surface area (Å²) in [5.41, 5.74) is 1.97. The van der Waals surface area contributed by atoms with Crippen LogP contribution in [0.15, 0.2) is 35.1 Å². The Morgan fingerprint density at radius 2 is 1.81 bits per heavy atom. The fraction of sp³-hybridized carbons (Fsp3) is 0.167. The van der Waals surface area contributed by atoms with Crippen LogP contribution in [-0.4, -0.2) is 9.97 Å². The van der Waals surface area contributed by atoms with Gasteiger partial charge in [0, 0.05) is 0 Å². The first-order valence-corrected chi connectivity index (χ1v) is 5.68. The first-order chi connectivity index (χ1) is 7.65. The van der Waals surface area contributed by atoms with E-state index in [1.54, 1.807) is 6.20 Å². The molecule has 1 heterocycles. The third kappa shape index (κ3) is 2.58. The molecule has 0 saturated carbocycles. The van der Waals surface area contributed by atoms with Gasteiger partial charge in [0.1, 0.15) is 10.4 Å². The van der Waals surface area contributed by atoms with Crippen molar-refractivity contribution in [2.75, 3.05) is 0 Å². The molecular formula is C12H11BrN2O. The van der Waals surface area contributed by atoms with E-state index in [9.17, 15) is 0 Å². The first-order valence-electron chi connectivity index (χ1n) is 4.89. The summed E-state index contributed by atoms with van der Waals surface area (Å²) in [6.45, 7) is 3.90. The molecule has 0 amide bonds. The summed E-state index contributed by atoms with van der Waals surface area (Å²) in [6, 6.07) is 7.82. The van der Waals surface area contributed by atoms with E-state index in [1.807, 2.05) is 38.1 Å². The minimum atomic E-state index is 0.526. The summed E-state index contributed by atoms with van der Waals surface area (Å²) in [6.07, 6.45) is 1.65. The van der Waals surface area contributed by atoms with Gasteiger partial charge in [0.05, 0.1) is 11.9 Å². The Kier molecular flexibility index (Phi) is 3.19. The summed E-state index contributed by atoms with van der Waals surface area (Å²) in [5.74, 6) is 1.29. The maximum absolute atomic E-state index is 5.64. The third-order valence-corrected chi connectivity index (χ3v) is 2.50. The van der Waals surface area contributed by atoms with Crippen molar-refractivity contribution in [1.82, 2.24) is 9.97 Å². The van der Waals surface area contributed by atoms with Crippen molar-refractivity contribution in [3.63, 3.8) is 0 Å². The number of nitrogens with zero attached hydrogens (tertiary/aromatic N) is 2. The number of hydrogen-bond donors (Lipinski definition) is 0. The molecule has 0 aliphatic carbocycles. The molecule has 82 valence electrons. The van der Waals surface area contributed by atoms with Crippen molar-refractivity contribution in [1.29, 1.82) is 0 Å². The van der Waals surface area contributed by atoms with Gasteiger partial charge in [0.2, 0.25) is 5.88 Å². The largest absolute Gasteiger partial charge is 0.437 e. The molecule has 0 N–H and O–H groups in total. The smallest absolute Gasteiger partial charge is 0.241 e. The summed E-state index contributed by atoms with van der Waals surface area (Å²) in [5, 5.41) is 0. The lowest BCUT2D eigenvalue weighted by molar-refractivity contribution is 0.454. The third-order valence-electron chi connectivity index (χ3n) is 2.12. The minimum absolute atomic E-state index is 0.526. The predicted octanol–water partition coefficient (Wildman–Crippen LogP) is 3.65. The minimum Gasteiger partial charge on any atom is -0.437 e. The molecule has 0 radical (unpaired) electrons. The average Bonchev–Trinajstić information content (AvgIpc) is 2.27. The summed E-state index contributed by atoms with van der Waals surface area (Å²) in [4.78, 5) is 8.38. The monoisotopic (exact) mass is 278 g/mol. The molecule has 0 spiro atoms. The molecule has 0 bridgehead atoms. The van der Waals surface area contributed by atoms with Crippen LogP contribution in [-0.2, 0) is 0 Å². The lowest BCUT2D eigenvalue weighted by atomic mass is 10.2. The van der Waals surface area contributed by atoms with Crippen LogP contribution >= 0.6 is 15.9 Å². The molecule has 3 nitrogen and oxygen atoms in total. The lowest BCUT2D eigenvalue weighted by Crippen LogP contribution is -1.94. The number of benzene rings is 1. The summed E-state index contributed by atoms with van der Waals surface area (Å²) >= 11 is 3.27. The van der Waals surface area contributed by atoms with Gasteiger partial charge >= 0.3 is 0 Å². The second-order valence-corrected chi connectivity index (χ2v) is 4.31. The molecule has 2 aromatic rings. The highest BCUT2D eigenvalue weighted by molar-refractivity contribution is 9.10. The van der Waals surface area contributed by atoms with E-state index in [4.69, 9.17) is 4.74 Å². The summed E-state index contributed by atoms with van der Waals surface area (Å²) in [7, 11) is 0. The Morgan fingerprint density at radius 3 is 2.50 bits per heavy atom. The van der Waals surface area contributed by atoms with E-state index in [-0.39, 0.29) is 0 Å². The van der Waals surface area contributed by atoms with E-state index in [1.165, 1.54) is 5.56 Å². The normalized spacial score (nSPS) is 10.2. The number of aromatic nitrogens is 2. The highest BCUT2D eigenvalue weighted by Crippen LogP contribution is 2.23. The van der Waals surface area contributed by atoms with Crippen LogP contribution in [0.3, 0.4) is 0 Å². The van der Waals surface area contributed by atoms with Crippen LogP contribution < -0.4 is 4.74 Å². The van der Waals surface area contributed by atoms with Crippen LogP contribution in [0.25, 0.3) is 0 Å². The van der Waals surface area contributed by atoms with Gasteiger partial charge in [-0.05, 0) is 41.9 Å². The standard InChI is InChI=1S/C12H11BrN2O/c1-8-3-5-10(6-4-8)16-12-9(2)14-7-11(13)15-12/h3-7H,1-2H3. The maximum atomic E-state index is 5.64. The van der Waals surface area contributed by atoms with Gasteiger partial charge in [-0.1, -0.05) is 17.7 Å². The van der Waals surface area contributed by atoms with Crippen LogP contribution in [0.2, 0.25) is 0 Å². The van der Waals surface area contributed by atoms with Crippen LogP contribution in [0.4, 0.5) is 0 Å². The van der Waals surface area contributed by atoms with Gasteiger partial charge in [0.15, 0.2) is 0 Å². The van der Waals surface area contributed by atoms with Gasteiger partial charge in [0.25, 0.3) is 0 Å². The topological polar surface area (TPSA) is 35.0 Å². The Balaban J connectivity index is 2.26. The second-order valence-electron chi connectivity index (χ2n) is 3.50. The van der Waals surface area contributed by atoms with Crippen molar-refractivity contribution >= 4 is 15.9 Å². The number of rotatable bonds is 2. The van der Waals surface area contributed by atoms with Gasteiger partial charge in [-0.15, -0.1) is 0 Å². The van der Waals surface area contributed by atoms with E-state index in [0.717, 1.165) is 11.4 Å². The van der Waals surface area contributed by atoms with E-state index >= 15 is 0 Å². The van der Waals surface area contributed by atoms with E-state index < -0.39 is 0 Å². The number of aryl methyl sites for hydroxylation is 2. The molecule has 1 aromatic heterocycles. The zero-order valence-electron chi connectivity index (χ0n) is 9.07. The molecule has 4 heteroatoms. The van der Waals surface area contributed by atoms with Crippen molar-refractivity contribution in [2.24, 2.45) is 0 Å². The molecule has 16 heavy (non-hydrogen) atoms. The molecule has 0 unspecified atom stereocenters. The quantitative estimate of drug-likeness (QED) is 0.841. The Morgan fingerprint density at radius 1 is 1.12 bits per heavy atom. The molecule has 1 aromatic carbocycles. The Hall–Kier alpha value is -1.42. The van der Waals surface area contributed by atoms with Gasteiger partial charge in [-0.2, -0.15) is 0 Å². The fourth-order valence-electron chi connectivity index (χ4n) is 1.23. The van der Waals surface area contributed by atoms with Crippen molar-refractivity contribution in [3.8, 4) is 11.6 Å². The second kappa shape index (κ2) is 4.61. The van der Waals surface area contributed by atoms with Gasteiger partial charge in [-0.3, -0.25) is 4.98 Å². The molecule has 2 rings (SSSR count). The van der Waals surface area contributed by atoms with Crippen LogP contribution in [0.5, 0.6) is 11.6 Å².